The molecule has 7 bridgehead atoms. The van der Waals surface area contributed by atoms with Crippen molar-refractivity contribution >= 4 is 5.97 Å². The molecular formula is C32H45NO9. The van der Waals surface area contributed by atoms with E-state index in [1.807, 2.05) is 0 Å². The number of esters is 1. The highest BCUT2D eigenvalue weighted by molar-refractivity contribution is 5.89. The van der Waals surface area contributed by atoms with E-state index < -0.39 is 52.2 Å². The minimum atomic E-state index is -1.48. The lowest BCUT2D eigenvalue weighted by molar-refractivity contribution is -0.297. The predicted octanol–water partition coefficient (Wildman–Crippen LogP) is 1.49. The zero-order valence-electron chi connectivity index (χ0n) is 25.2. The number of hydrogen-bond acceptors (Lipinski definition) is 10. The zero-order valence-corrected chi connectivity index (χ0v) is 25.2. The molecule has 0 radical (unpaired) electrons. The van der Waals surface area contributed by atoms with Gasteiger partial charge < -0.3 is 39.0 Å². The van der Waals surface area contributed by atoms with Crippen molar-refractivity contribution in [2.24, 2.45) is 34.5 Å². The molecule has 1 spiro atoms. The van der Waals surface area contributed by atoms with Gasteiger partial charge in [0, 0.05) is 69.4 Å². The van der Waals surface area contributed by atoms with E-state index in [4.69, 9.17) is 23.7 Å². The second kappa shape index (κ2) is 9.60. The van der Waals surface area contributed by atoms with Gasteiger partial charge in [0.2, 0.25) is 0 Å². The van der Waals surface area contributed by atoms with E-state index in [1.54, 1.807) is 52.7 Å². The average Bonchev–Trinajstić information content (AvgIpc) is 3.39. The Kier molecular flexibility index (Phi) is 6.62. The van der Waals surface area contributed by atoms with Crippen LogP contribution in [0.2, 0.25) is 0 Å². The van der Waals surface area contributed by atoms with E-state index in [-0.39, 0.29) is 36.3 Å². The Bertz CT molecular complexity index is 1230. The van der Waals surface area contributed by atoms with Crippen LogP contribution in [0.15, 0.2) is 24.3 Å². The van der Waals surface area contributed by atoms with E-state index in [0.29, 0.717) is 43.7 Å². The third kappa shape index (κ3) is 3.27. The number of methoxy groups -OCH3 is 4. The zero-order chi connectivity index (χ0) is 29.8. The quantitative estimate of drug-likeness (QED) is 0.385. The van der Waals surface area contributed by atoms with Crippen LogP contribution in [-0.2, 0) is 18.9 Å². The van der Waals surface area contributed by atoms with E-state index >= 15 is 0 Å². The Balaban J connectivity index is 1.38. The van der Waals surface area contributed by atoms with Gasteiger partial charge in [-0.15, -0.1) is 0 Å². The van der Waals surface area contributed by atoms with Gasteiger partial charge in [0.25, 0.3) is 0 Å². The first kappa shape index (κ1) is 29.0. The van der Waals surface area contributed by atoms with Crippen LogP contribution in [0.1, 0.15) is 43.0 Å². The molecule has 5 aliphatic carbocycles. The maximum Gasteiger partial charge on any atom is 0.338 e. The van der Waals surface area contributed by atoms with Crippen LogP contribution >= 0.6 is 0 Å². The monoisotopic (exact) mass is 587 g/mol. The number of aliphatic hydroxyl groups is 3. The summed E-state index contributed by atoms with van der Waals surface area (Å²) < 4.78 is 29.6. The largest absolute Gasteiger partial charge is 0.497 e. The first-order chi connectivity index (χ1) is 20.1. The smallest absolute Gasteiger partial charge is 0.338 e. The molecule has 232 valence electrons. The van der Waals surface area contributed by atoms with Gasteiger partial charge in [-0.25, -0.2) is 4.79 Å². The SMILES string of the molecule is CCN1C[C@]2(COC)[C@H](O)C[C@H](OC)[C@@]34[C@@H]5C[C@]6(O)[C@@H](OC)C[C@@](O)([C@H]5[C@H]6OC(=O)c5ccc(OC)cc5)[C@@H](C[C@H]23)[C@@H]14. The summed E-state index contributed by atoms with van der Waals surface area (Å²) in [5.41, 5.74) is -3.38. The first-order valence-corrected chi connectivity index (χ1v) is 15.4. The molecule has 1 aromatic rings. The summed E-state index contributed by atoms with van der Waals surface area (Å²) in [6.07, 6.45) is -0.842. The molecule has 1 aliphatic heterocycles. The molecule has 3 N–H and O–H groups in total. The molecule has 0 unspecified atom stereocenters. The number of aliphatic hydroxyl groups excluding tert-OH is 1. The van der Waals surface area contributed by atoms with E-state index in [0.717, 1.165) is 6.54 Å². The van der Waals surface area contributed by atoms with Gasteiger partial charge in [0.1, 0.15) is 17.5 Å². The maximum atomic E-state index is 13.6. The highest BCUT2D eigenvalue weighted by Gasteiger charge is 2.87. The first-order valence-electron chi connectivity index (χ1n) is 15.4. The van der Waals surface area contributed by atoms with Gasteiger partial charge in [0.05, 0.1) is 43.2 Å². The van der Waals surface area contributed by atoms with Crippen LogP contribution < -0.4 is 4.74 Å². The molecule has 10 nitrogen and oxygen atoms in total. The topological polar surface area (TPSA) is 127 Å². The van der Waals surface area contributed by atoms with Crippen LogP contribution in [0.4, 0.5) is 0 Å². The van der Waals surface area contributed by atoms with Gasteiger partial charge >= 0.3 is 5.97 Å². The Hall–Kier alpha value is -1.79. The molecule has 7 rings (SSSR count). The third-order valence-electron chi connectivity index (χ3n) is 12.9. The fourth-order valence-corrected chi connectivity index (χ4v) is 11.7. The molecule has 0 amide bonds. The summed E-state index contributed by atoms with van der Waals surface area (Å²) in [6.45, 7) is 3.98. The van der Waals surface area contributed by atoms with Crippen molar-refractivity contribution in [1.82, 2.24) is 4.90 Å². The van der Waals surface area contributed by atoms with Gasteiger partial charge in [-0.1, -0.05) is 6.92 Å². The molecule has 1 aromatic carbocycles. The Morgan fingerprint density at radius 3 is 2.31 bits per heavy atom. The van der Waals surface area contributed by atoms with Crippen molar-refractivity contribution in [2.75, 3.05) is 48.1 Å². The van der Waals surface area contributed by atoms with Crippen LogP contribution in [0.25, 0.3) is 0 Å². The number of hydrogen-bond donors (Lipinski definition) is 3. The molecule has 1 saturated heterocycles. The van der Waals surface area contributed by atoms with E-state index in [2.05, 4.69) is 11.8 Å². The predicted molar refractivity (Wildman–Crippen MR) is 150 cm³/mol. The summed E-state index contributed by atoms with van der Waals surface area (Å²) >= 11 is 0. The standard InChI is InChI=1S/C32H45NO9/c1-6-33-15-29(16-38-2)21-11-19-26(33)32(21,23(40-4)12-22(29)34)20-13-31(37)24(41-5)14-30(19,36)25(20)27(31)42-28(35)17-7-9-18(39-3)10-8-17/h7-10,19-27,34,36-37H,6,11-16H2,1-5H3/t19-,20+,21+,22+,23-,24-,25+,26+,27+,29+,30-,31-,32+/m0/s1. The summed E-state index contributed by atoms with van der Waals surface area (Å²) in [7, 11) is 6.52. The van der Waals surface area contributed by atoms with Crippen molar-refractivity contribution in [3.8, 4) is 5.75 Å². The molecule has 6 aliphatic rings. The molecule has 10 heteroatoms. The number of piperidine rings is 1. The van der Waals surface area contributed by atoms with Crippen LogP contribution in [0.5, 0.6) is 5.75 Å². The maximum absolute atomic E-state index is 13.6. The molecular weight excluding hydrogens is 542 g/mol. The minimum Gasteiger partial charge on any atom is -0.497 e. The second-order valence-corrected chi connectivity index (χ2v) is 13.8. The average molecular weight is 588 g/mol. The number of nitrogens with zero attached hydrogens (tertiary/aromatic N) is 1. The molecule has 1 heterocycles. The Morgan fingerprint density at radius 1 is 0.976 bits per heavy atom. The van der Waals surface area contributed by atoms with Crippen molar-refractivity contribution in [3.63, 3.8) is 0 Å². The van der Waals surface area contributed by atoms with Gasteiger partial charge in [-0.3, -0.25) is 4.90 Å². The molecule has 6 fully saturated rings. The van der Waals surface area contributed by atoms with Gasteiger partial charge in [-0.05, 0) is 55.5 Å². The Labute approximate surface area is 247 Å². The lowest BCUT2D eigenvalue weighted by atomic mass is 9.42. The van der Waals surface area contributed by atoms with Crippen LogP contribution in [-0.4, -0.2) is 116 Å². The van der Waals surface area contributed by atoms with E-state index in [9.17, 15) is 20.1 Å². The fourth-order valence-electron chi connectivity index (χ4n) is 11.7. The lowest BCUT2D eigenvalue weighted by Gasteiger charge is -2.70. The molecule has 0 aromatic heterocycles. The number of benzene rings is 1. The van der Waals surface area contributed by atoms with Crippen molar-refractivity contribution < 1.29 is 43.8 Å². The van der Waals surface area contributed by atoms with Gasteiger partial charge in [0.15, 0.2) is 0 Å². The summed E-state index contributed by atoms with van der Waals surface area (Å²) in [5.74, 6) is -0.822. The second-order valence-electron chi connectivity index (χ2n) is 13.8. The van der Waals surface area contributed by atoms with E-state index in [1.165, 1.54) is 0 Å². The Morgan fingerprint density at radius 2 is 1.69 bits per heavy atom. The molecule has 5 saturated carbocycles. The van der Waals surface area contributed by atoms with Crippen molar-refractivity contribution in [3.05, 3.63) is 29.8 Å². The fraction of sp³-hybridized carbons (Fsp3) is 0.781. The summed E-state index contributed by atoms with van der Waals surface area (Å²) in [4.78, 5) is 16.0. The van der Waals surface area contributed by atoms with Crippen LogP contribution in [0, 0.1) is 34.5 Å². The number of carbonyl (C=O) groups excluding carboxylic acids is 1. The number of likely N-dealkylation sites (tertiary alicyclic amines) is 1. The summed E-state index contributed by atoms with van der Waals surface area (Å²) in [6, 6.07) is 6.69. The minimum absolute atomic E-state index is 0.00271. The molecule has 13 atom stereocenters. The number of rotatable bonds is 8. The number of carbonyl (C=O) groups is 1. The normalized spacial score (nSPS) is 50.0. The number of fused-ring (bicyclic) bond motifs is 2. The van der Waals surface area contributed by atoms with Crippen molar-refractivity contribution in [1.29, 1.82) is 0 Å². The highest BCUT2D eigenvalue weighted by Crippen LogP contribution is 2.79. The van der Waals surface area contributed by atoms with Gasteiger partial charge in [-0.2, -0.15) is 0 Å². The number of ether oxygens (including phenoxy) is 5. The lowest BCUT2D eigenvalue weighted by Crippen LogP contribution is -2.78. The molecule has 42 heavy (non-hydrogen) atoms. The van der Waals surface area contributed by atoms with Crippen molar-refractivity contribution in [2.45, 2.75) is 74.3 Å². The summed E-state index contributed by atoms with van der Waals surface area (Å²) in [5, 5.41) is 37.2. The van der Waals surface area contributed by atoms with Crippen LogP contribution in [0.3, 0.4) is 0 Å². The third-order valence-corrected chi connectivity index (χ3v) is 12.9. The highest BCUT2D eigenvalue weighted by atomic mass is 16.6.